The summed E-state index contributed by atoms with van der Waals surface area (Å²) in [6.45, 7) is 0. The third-order valence-electron chi connectivity index (χ3n) is 3.78. The summed E-state index contributed by atoms with van der Waals surface area (Å²) in [6.07, 6.45) is 1.68. The topological polar surface area (TPSA) is 179 Å². The maximum Gasteiger partial charge on any atom is 0.408 e. The van der Waals surface area contributed by atoms with Gasteiger partial charge in [0.05, 0.1) is 35.4 Å². The zero-order valence-electron chi connectivity index (χ0n) is 25.0. The second-order valence-corrected chi connectivity index (χ2v) is 18.0. The van der Waals surface area contributed by atoms with Gasteiger partial charge in [0.15, 0.2) is 0 Å². The molecule has 0 heterocycles. The van der Waals surface area contributed by atoms with Gasteiger partial charge in [0.25, 0.3) is 0 Å². The molecule has 0 saturated heterocycles. The Kier molecular flexibility index (Phi) is 42.7. The molecule has 14 nitrogen and oxygen atoms in total. The van der Waals surface area contributed by atoms with Crippen LogP contribution in [0.5, 0.6) is 0 Å². The molecule has 0 fully saturated rings. The Morgan fingerprint density at radius 1 is 0.543 bits per heavy atom. The average Bonchev–Trinajstić information content (AvgIpc) is 3.05. The normalized spacial score (nSPS) is 11.3. The van der Waals surface area contributed by atoms with Crippen LogP contribution in [0.2, 0.25) is 0 Å². The molecule has 0 bridgehead atoms. The molecular formula is C22H42N4O10S10. The van der Waals surface area contributed by atoms with Crippen LogP contribution >= 0.6 is 118 Å². The van der Waals surface area contributed by atoms with Crippen LogP contribution in [0, 0.1) is 0 Å². The summed E-state index contributed by atoms with van der Waals surface area (Å²) in [5.74, 6) is 8.64. The molecule has 46 heavy (non-hydrogen) atoms. The van der Waals surface area contributed by atoms with Crippen molar-refractivity contribution in [3.63, 3.8) is 0 Å². The number of nitrogens with zero attached hydrogens (tertiary/aromatic N) is 2. The third-order valence-corrected chi connectivity index (χ3v) is 13.0. The first-order valence-corrected chi connectivity index (χ1v) is 24.6. The highest BCUT2D eigenvalue weighted by Gasteiger charge is 2.02. The summed E-state index contributed by atoms with van der Waals surface area (Å²) >= 11 is 15.2. The molecule has 0 aromatic heterocycles. The number of rotatable bonds is 35. The largest absolute Gasteiger partial charge is 0.438 e. The highest BCUT2D eigenvalue weighted by atomic mass is 32.2. The fourth-order valence-electron chi connectivity index (χ4n) is 1.93. The molecule has 0 atom stereocenters. The molecule has 2 amide bonds. The van der Waals surface area contributed by atoms with E-state index in [0.717, 1.165) is 39.6 Å². The van der Waals surface area contributed by atoms with Crippen molar-refractivity contribution in [1.29, 1.82) is 0 Å². The summed E-state index contributed by atoms with van der Waals surface area (Å²) in [5.41, 5.74) is 0. The Labute approximate surface area is 313 Å². The molecule has 0 unspecified atom stereocenters. The minimum absolute atomic E-state index is 0.0612. The Morgan fingerprint density at radius 2 is 0.957 bits per heavy atom. The number of ether oxygens (including phenoxy) is 2. The van der Waals surface area contributed by atoms with Gasteiger partial charge in [-0.15, -0.1) is 118 Å². The van der Waals surface area contributed by atoms with Crippen LogP contribution in [0.4, 0.5) is 9.59 Å². The zero-order valence-corrected chi connectivity index (χ0v) is 33.2. The minimum Gasteiger partial charge on any atom is -0.438 e. The van der Waals surface area contributed by atoms with Crippen molar-refractivity contribution < 1.29 is 48.8 Å². The molecule has 0 spiro atoms. The second-order valence-electron chi connectivity index (χ2n) is 7.00. The van der Waals surface area contributed by atoms with Crippen LogP contribution in [0.3, 0.4) is 0 Å². The monoisotopic (exact) mass is 842 g/mol. The lowest BCUT2D eigenvalue weighted by Gasteiger charge is -2.06. The SMILES string of the molecule is O=C(NCSCCSC/N=C\OOCSCSCO)OCSCCSCOO/C=N/CSCCSCNC(=O)OCSCSCO. The van der Waals surface area contributed by atoms with Crippen molar-refractivity contribution in [3.8, 4) is 0 Å². The number of alkyl carbamates (subject to hydrolysis) is 2. The number of thioether (sulfide) groups is 10. The van der Waals surface area contributed by atoms with Crippen molar-refractivity contribution in [1.82, 2.24) is 10.6 Å². The van der Waals surface area contributed by atoms with Gasteiger partial charge < -0.3 is 40.1 Å². The van der Waals surface area contributed by atoms with E-state index in [4.69, 9.17) is 39.2 Å². The van der Waals surface area contributed by atoms with Gasteiger partial charge in [-0.1, -0.05) is 0 Å². The highest BCUT2D eigenvalue weighted by molar-refractivity contribution is 8.16. The summed E-state index contributed by atoms with van der Waals surface area (Å²) in [7, 11) is 0. The molecule has 0 radical (unpaired) electrons. The Morgan fingerprint density at radius 3 is 1.48 bits per heavy atom. The van der Waals surface area contributed by atoms with Gasteiger partial charge in [-0.3, -0.25) is 0 Å². The summed E-state index contributed by atoms with van der Waals surface area (Å²) < 4.78 is 10.1. The Bertz CT molecular complexity index is 745. The number of carbonyl (C=O) groups is 2. The molecule has 0 saturated carbocycles. The van der Waals surface area contributed by atoms with Crippen molar-refractivity contribution in [3.05, 3.63) is 0 Å². The maximum atomic E-state index is 11.7. The predicted octanol–water partition coefficient (Wildman–Crippen LogP) is 5.20. The van der Waals surface area contributed by atoms with E-state index in [2.05, 4.69) is 20.6 Å². The second kappa shape index (κ2) is 42.0. The Balaban J connectivity index is 3.27. The fourth-order valence-corrected chi connectivity index (χ4v) is 9.02. The molecule has 24 heteroatoms. The molecule has 0 aliphatic rings. The van der Waals surface area contributed by atoms with E-state index in [1.807, 2.05) is 0 Å². The van der Waals surface area contributed by atoms with E-state index in [1.165, 1.54) is 71.6 Å². The van der Waals surface area contributed by atoms with Gasteiger partial charge >= 0.3 is 12.2 Å². The first-order valence-electron chi connectivity index (χ1n) is 13.0. The first kappa shape index (κ1) is 46.8. The van der Waals surface area contributed by atoms with Crippen LogP contribution in [-0.2, 0) is 29.0 Å². The van der Waals surface area contributed by atoms with Crippen LogP contribution < -0.4 is 10.6 Å². The lowest BCUT2D eigenvalue weighted by atomic mass is 11.0. The maximum absolute atomic E-state index is 11.7. The standard InChI is InChI=1S/C22H42N4O10S10/c27-13-43-19-45-16-32-22(30)26-12-40-4-2-37-9-23-7-33-35-17-42-6-5-41-15-31-21(29)25-11-39-3-1-38-10-24-8-34-36-18-46-20-44-14-28/h7-8,27-28H,1-6,9-20H2,(H,25,29)(H,26,30)/b23-7+,24-8-. The van der Waals surface area contributed by atoms with Gasteiger partial charge in [0.2, 0.25) is 12.8 Å². The van der Waals surface area contributed by atoms with Crippen LogP contribution in [-0.4, -0.2) is 139 Å². The number of aliphatic hydroxyl groups is 2. The zero-order chi connectivity index (χ0) is 33.4. The lowest BCUT2D eigenvalue weighted by Crippen LogP contribution is -2.24. The van der Waals surface area contributed by atoms with E-state index < -0.39 is 12.2 Å². The minimum atomic E-state index is -0.443. The van der Waals surface area contributed by atoms with Gasteiger partial charge in [-0.25, -0.2) is 19.6 Å². The molecule has 0 aromatic rings. The molecule has 0 aromatic carbocycles. The number of aliphatic hydroxyl groups excluding tert-OH is 2. The quantitative estimate of drug-likeness (QED) is 0.0163. The van der Waals surface area contributed by atoms with Crippen molar-refractivity contribution >= 4 is 143 Å². The van der Waals surface area contributed by atoms with Crippen molar-refractivity contribution in [2.75, 3.05) is 104 Å². The summed E-state index contributed by atoms with van der Waals surface area (Å²) in [6, 6.07) is 0. The van der Waals surface area contributed by atoms with E-state index in [9.17, 15) is 9.59 Å². The first-order chi connectivity index (χ1) is 22.7. The van der Waals surface area contributed by atoms with Crippen molar-refractivity contribution in [2.45, 2.75) is 0 Å². The van der Waals surface area contributed by atoms with E-state index >= 15 is 0 Å². The van der Waals surface area contributed by atoms with Crippen LogP contribution in [0.25, 0.3) is 0 Å². The number of aliphatic imine (C=N–C) groups is 2. The molecule has 0 rings (SSSR count). The van der Waals surface area contributed by atoms with E-state index in [0.29, 0.717) is 40.5 Å². The van der Waals surface area contributed by atoms with Crippen molar-refractivity contribution in [2.24, 2.45) is 9.98 Å². The number of hydrogen-bond donors (Lipinski definition) is 4. The lowest BCUT2D eigenvalue weighted by molar-refractivity contribution is -0.196. The molecule has 0 aliphatic carbocycles. The summed E-state index contributed by atoms with van der Waals surface area (Å²) in [5, 5.41) is 24.1. The van der Waals surface area contributed by atoms with E-state index in [-0.39, 0.29) is 23.8 Å². The van der Waals surface area contributed by atoms with E-state index in [1.54, 1.807) is 58.8 Å². The fraction of sp³-hybridized carbons (Fsp3) is 0.818. The molecule has 0 aliphatic heterocycles. The number of carbonyl (C=O) groups excluding carboxylic acids is 2. The third kappa shape index (κ3) is 41.0. The Hall–Kier alpha value is 0.820. The van der Waals surface area contributed by atoms with Gasteiger partial charge in [0, 0.05) is 44.7 Å². The average molecular weight is 843 g/mol. The highest BCUT2D eigenvalue weighted by Crippen LogP contribution is 2.12. The molecule has 4 N–H and O–H groups in total. The predicted molar refractivity (Wildman–Crippen MR) is 209 cm³/mol. The van der Waals surface area contributed by atoms with Gasteiger partial charge in [0.1, 0.15) is 23.8 Å². The number of nitrogens with one attached hydrogen (secondary N) is 2. The molecular weight excluding hydrogens is 801 g/mol. The van der Waals surface area contributed by atoms with Crippen LogP contribution in [0.15, 0.2) is 9.98 Å². The van der Waals surface area contributed by atoms with Crippen LogP contribution in [0.1, 0.15) is 0 Å². The van der Waals surface area contributed by atoms with Gasteiger partial charge in [-0.05, 0) is 0 Å². The number of amides is 2. The summed E-state index contributed by atoms with van der Waals surface area (Å²) in [4.78, 5) is 50.9. The smallest absolute Gasteiger partial charge is 0.408 e. The molecule has 270 valence electrons. The number of hydrogen-bond acceptors (Lipinski definition) is 22. The van der Waals surface area contributed by atoms with Gasteiger partial charge in [-0.2, -0.15) is 9.78 Å².